The lowest BCUT2D eigenvalue weighted by atomic mass is 10.0. The van der Waals surface area contributed by atoms with Gasteiger partial charge in [-0.2, -0.15) is 13.7 Å². The molecule has 0 radical (unpaired) electrons. The van der Waals surface area contributed by atoms with Crippen molar-refractivity contribution in [3.05, 3.63) is 99.5 Å². The van der Waals surface area contributed by atoms with E-state index < -0.39 is 10.1 Å². The Hall–Kier alpha value is -2.60. The van der Waals surface area contributed by atoms with E-state index in [0.29, 0.717) is 40.9 Å². The summed E-state index contributed by atoms with van der Waals surface area (Å²) in [5.41, 5.74) is 3.23. The van der Waals surface area contributed by atoms with Gasteiger partial charge in [-0.05, 0) is 41.5 Å². The number of nitriles is 1. The first-order valence-corrected chi connectivity index (χ1v) is 13.1. The fourth-order valence-corrected chi connectivity index (χ4v) is 4.21. The predicted octanol–water partition coefficient (Wildman–Crippen LogP) is 5.50. The Kier molecular flexibility index (Phi) is 9.34. The Morgan fingerprint density at radius 1 is 1.06 bits per heavy atom. The van der Waals surface area contributed by atoms with Gasteiger partial charge in [-0.15, -0.1) is 0 Å². The summed E-state index contributed by atoms with van der Waals surface area (Å²) in [7, 11) is -3.54. The molecule has 178 valence electrons. The summed E-state index contributed by atoms with van der Waals surface area (Å²) in [6, 6.07) is 24.4. The van der Waals surface area contributed by atoms with E-state index in [1.54, 1.807) is 18.2 Å². The molecule has 1 unspecified atom stereocenters. The van der Waals surface area contributed by atoms with Crippen molar-refractivity contribution in [2.75, 3.05) is 31.3 Å². The average Bonchev–Trinajstić information content (AvgIpc) is 2.80. The first kappa shape index (κ1) is 26.0. The molecular formula is C25H25Cl2N3O3S. The molecule has 0 spiro atoms. The van der Waals surface area contributed by atoms with Gasteiger partial charge in [-0.3, -0.25) is 9.08 Å². The van der Waals surface area contributed by atoms with Gasteiger partial charge in [-0.25, -0.2) is 0 Å². The van der Waals surface area contributed by atoms with E-state index >= 15 is 0 Å². The summed E-state index contributed by atoms with van der Waals surface area (Å²) in [4.78, 5) is 2.12. The van der Waals surface area contributed by atoms with Crippen LogP contribution in [0.25, 0.3) is 0 Å². The van der Waals surface area contributed by atoms with E-state index in [1.165, 1.54) is 0 Å². The van der Waals surface area contributed by atoms with Gasteiger partial charge in [-0.1, -0.05) is 65.7 Å². The summed E-state index contributed by atoms with van der Waals surface area (Å²) in [6.45, 7) is 1.56. The zero-order valence-corrected chi connectivity index (χ0v) is 20.9. The van der Waals surface area contributed by atoms with Crippen LogP contribution >= 0.6 is 23.2 Å². The molecule has 1 N–H and O–H groups in total. The zero-order valence-electron chi connectivity index (χ0n) is 18.6. The Morgan fingerprint density at radius 2 is 1.76 bits per heavy atom. The molecule has 0 heterocycles. The van der Waals surface area contributed by atoms with Crippen molar-refractivity contribution < 1.29 is 12.6 Å². The number of halogens is 2. The highest BCUT2D eigenvalue weighted by molar-refractivity contribution is 7.85. The van der Waals surface area contributed by atoms with E-state index in [9.17, 15) is 8.42 Å². The Balaban J connectivity index is 1.87. The number of nitrogens with zero attached hydrogens (tertiary/aromatic N) is 2. The van der Waals surface area contributed by atoms with E-state index in [0.717, 1.165) is 17.4 Å². The highest BCUT2D eigenvalue weighted by Crippen LogP contribution is 2.29. The monoisotopic (exact) mass is 517 g/mol. The molecule has 0 aliphatic carbocycles. The molecule has 0 bridgehead atoms. The van der Waals surface area contributed by atoms with Crippen LogP contribution in [0.3, 0.4) is 0 Å². The van der Waals surface area contributed by atoms with Crippen LogP contribution in [0.15, 0.2) is 72.8 Å². The average molecular weight is 518 g/mol. The quantitative estimate of drug-likeness (QED) is 0.338. The van der Waals surface area contributed by atoms with E-state index in [-0.39, 0.29) is 12.6 Å². The standard InChI is InChI=1S/C25H25Cl2N3O3S/c1-34(31,32)33-14-13-30(17-19-5-3-2-4-6-19)18-25(21-8-10-22(26)11-9-21)29-24-12-7-20(16-28)15-23(24)27/h2-12,15,25,29H,13-14,17-18H2,1H3. The Labute approximate surface area is 210 Å². The van der Waals surface area contributed by atoms with Crippen LogP contribution in [0.1, 0.15) is 22.7 Å². The van der Waals surface area contributed by atoms with Crippen LogP contribution < -0.4 is 5.32 Å². The van der Waals surface area contributed by atoms with E-state index in [1.807, 2.05) is 54.6 Å². The molecule has 0 aromatic heterocycles. The summed E-state index contributed by atoms with van der Waals surface area (Å²) < 4.78 is 28.0. The second-order valence-electron chi connectivity index (χ2n) is 7.80. The number of hydrogen-bond acceptors (Lipinski definition) is 6. The topological polar surface area (TPSA) is 82.4 Å². The molecule has 0 fully saturated rings. The second kappa shape index (κ2) is 12.2. The molecule has 0 saturated carbocycles. The maximum absolute atomic E-state index is 11.5. The third-order valence-electron chi connectivity index (χ3n) is 5.09. The number of rotatable bonds is 11. The number of hydrogen-bond donors (Lipinski definition) is 1. The normalized spacial score (nSPS) is 12.3. The van der Waals surface area contributed by atoms with Gasteiger partial charge in [0.25, 0.3) is 10.1 Å². The summed E-state index contributed by atoms with van der Waals surface area (Å²) >= 11 is 12.5. The summed E-state index contributed by atoms with van der Waals surface area (Å²) in [5, 5.41) is 13.7. The molecule has 3 rings (SSSR count). The van der Waals surface area contributed by atoms with Crippen LogP contribution in [0.4, 0.5) is 5.69 Å². The van der Waals surface area contributed by atoms with Gasteiger partial charge in [0.1, 0.15) is 0 Å². The van der Waals surface area contributed by atoms with Gasteiger partial charge in [0.15, 0.2) is 0 Å². The number of benzene rings is 3. The molecular weight excluding hydrogens is 493 g/mol. The third kappa shape index (κ3) is 8.32. The lowest BCUT2D eigenvalue weighted by Gasteiger charge is -2.29. The van der Waals surface area contributed by atoms with Crippen LogP contribution in [0.2, 0.25) is 10.0 Å². The van der Waals surface area contributed by atoms with E-state index in [4.69, 9.17) is 32.6 Å². The molecule has 34 heavy (non-hydrogen) atoms. The first-order valence-electron chi connectivity index (χ1n) is 10.6. The van der Waals surface area contributed by atoms with Crippen molar-refractivity contribution in [1.82, 2.24) is 4.90 Å². The van der Waals surface area contributed by atoms with Crippen LogP contribution in [-0.4, -0.2) is 39.3 Å². The smallest absolute Gasteiger partial charge is 0.264 e. The second-order valence-corrected chi connectivity index (χ2v) is 10.3. The van der Waals surface area contributed by atoms with Gasteiger partial charge in [0.05, 0.1) is 41.2 Å². The molecule has 3 aromatic rings. The van der Waals surface area contributed by atoms with Gasteiger partial charge >= 0.3 is 0 Å². The SMILES string of the molecule is CS(=O)(=O)OCCN(Cc1ccccc1)CC(Nc1ccc(C#N)cc1Cl)c1ccc(Cl)cc1. The van der Waals surface area contributed by atoms with Crippen molar-refractivity contribution in [2.45, 2.75) is 12.6 Å². The van der Waals surface area contributed by atoms with Gasteiger partial charge in [0, 0.05) is 24.7 Å². The van der Waals surface area contributed by atoms with E-state index in [2.05, 4.69) is 16.3 Å². The molecule has 9 heteroatoms. The summed E-state index contributed by atoms with van der Waals surface area (Å²) in [5.74, 6) is 0. The van der Waals surface area contributed by atoms with Gasteiger partial charge in [0.2, 0.25) is 0 Å². The van der Waals surface area contributed by atoms with Crippen LogP contribution in [-0.2, 0) is 20.8 Å². The minimum Gasteiger partial charge on any atom is -0.376 e. The highest BCUT2D eigenvalue weighted by atomic mass is 35.5. The fourth-order valence-electron chi connectivity index (χ4n) is 3.47. The summed E-state index contributed by atoms with van der Waals surface area (Å²) in [6.07, 6.45) is 1.04. The minimum atomic E-state index is -3.54. The molecule has 3 aromatic carbocycles. The fraction of sp³-hybridized carbons (Fsp3) is 0.240. The van der Waals surface area contributed by atoms with Crippen molar-refractivity contribution in [1.29, 1.82) is 5.26 Å². The minimum absolute atomic E-state index is 0.0383. The highest BCUT2D eigenvalue weighted by Gasteiger charge is 2.19. The lowest BCUT2D eigenvalue weighted by Crippen LogP contribution is -2.34. The predicted molar refractivity (Wildman–Crippen MR) is 136 cm³/mol. The van der Waals surface area contributed by atoms with Crippen molar-refractivity contribution >= 4 is 39.0 Å². The maximum atomic E-state index is 11.5. The lowest BCUT2D eigenvalue weighted by molar-refractivity contribution is 0.201. The first-order chi connectivity index (χ1) is 16.2. The van der Waals surface area contributed by atoms with Gasteiger partial charge < -0.3 is 5.32 Å². The Morgan fingerprint density at radius 3 is 2.38 bits per heavy atom. The zero-order chi connectivity index (χ0) is 24.6. The number of anilines is 1. The molecule has 1 atom stereocenters. The van der Waals surface area contributed by atoms with Crippen molar-refractivity contribution in [3.63, 3.8) is 0 Å². The van der Waals surface area contributed by atoms with Crippen LogP contribution in [0, 0.1) is 11.3 Å². The number of nitrogens with one attached hydrogen (secondary N) is 1. The molecule has 0 amide bonds. The van der Waals surface area contributed by atoms with Crippen molar-refractivity contribution in [3.8, 4) is 6.07 Å². The van der Waals surface area contributed by atoms with Crippen molar-refractivity contribution in [2.24, 2.45) is 0 Å². The largest absolute Gasteiger partial charge is 0.376 e. The third-order valence-corrected chi connectivity index (χ3v) is 6.25. The maximum Gasteiger partial charge on any atom is 0.264 e. The molecule has 6 nitrogen and oxygen atoms in total. The Bertz CT molecular complexity index is 1230. The molecule has 0 saturated heterocycles. The van der Waals surface area contributed by atoms with Crippen LogP contribution in [0.5, 0.6) is 0 Å². The molecule has 0 aliphatic rings. The molecule has 0 aliphatic heterocycles.